The highest BCUT2D eigenvalue weighted by Crippen LogP contribution is 2.30. The third-order valence-electron chi connectivity index (χ3n) is 6.39. The molecule has 1 aliphatic carbocycles. The molecule has 4 rings (SSSR count). The molecule has 0 spiro atoms. The number of allylic oxidation sites excluding steroid dienone is 3. The topological polar surface area (TPSA) is 134 Å². The second-order valence-electron chi connectivity index (χ2n) is 9.41. The molecule has 14 heteroatoms. The van der Waals surface area contributed by atoms with Crippen LogP contribution in [0.1, 0.15) is 35.2 Å². The van der Waals surface area contributed by atoms with Crippen LogP contribution in [-0.2, 0) is 9.59 Å². The molecule has 0 bridgehead atoms. The minimum atomic E-state index is -3.03. The van der Waals surface area contributed by atoms with Gasteiger partial charge in [0.05, 0.1) is 6.04 Å². The van der Waals surface area contributed by atoms with Gasteiger partial charge < -0.3 is 26.6 Å². The molecule has 0 aromatic heterocycles. The zero-order chi connectivity index (χ0) is 29.1. The number of nitrogens with two attached hydrogens (primary N) is 1. The van der Waals surface area contributed by atoms with Crippen molar-refractivity contribution in [2.24, 2.45) is 11.7 Å². The monoisotopic (exact) mass is 581 g/mol. The van der Waals surface area contributed by atoms with Crippen molar-refractivity contribution < 1.29 is 36.7 Å². The maximum Gasteiger partial charge on any atom is 0.322 e. The largest absolute Gasteiger partial charge is 0.368 e. The van der Waals surface area contributed by atoms with Gasteiger partial charge in [-0.2, -0.15) is 0 Å². The molecule has 2 aliphatic heterocycles. The molecule has 5 N–H and O–H groups in total. The Hall–Kier alpha value is -4.13. The molecule has 0 radical (unpaired) electrons. The number of alkyl halides is 3. The van der Waals surface area contributed by atoms with E-state index in [9.17, 15) is 36.7 Å². The van der Waals surface area contributed by atoms with Crippen molar-refractivity contribution in [1.82, 2.24) is 20.9 Å². The minimum absolute atomic E-state index is 0.0240. The lowest BCUT2D eigenvalue weighted by Gasteiger charge is -2.34. The zero-order valence-electron chi connectivity index (χ0n) is 20.7. The van der Waals surface area contributed by atoms with Crippen molar-refractivity contribution in [3.8, 4) is 0 Å². The maximum atomic E-state index is 14.2. The zero-order valence-corrected chi connectivity index (χ0v) is 21.5. The van der Waals surface area contributed by atoms with Crippen LogP contribution in [0, 0.1) is 11.7 Å². The molecule has 1 fully saturated rings. The summed E-state index contributed by atoms with van der Waals surface area (Å²) in [6.07, 6.45) is 0.738. The Morgan fingerprint density at radius 3 is 2.65 bits per heavy atom. The predicted octanol–water partition coefficient (Wildman–Crippen LogP) is 3.07. The standard InChI is InChI=1S/C26H24ClF4N5O4/c27-19-2-1-15(28)7-18(19)21-8-17(33-25(39)13-3-12(24(30)31)4-16(29)5-13)6-14-10-36(11-22(32)37)26(40)35-20(14)9-23(38)34-21/h2-5,7-9,14-15,21,24H,1,6,10-11H2,(H2,32,37)(H,33,39)(H,34,38)(H,35,40)/b17-8-,20-9?. The lowest BCUT2D eigenvalue weighted by Crippen LogP contribution is -2.52. The Kier molecular flexibility index (Phi) is 8.62. The number of hydrogen-bond donors (Lipinski definition) is 4. The molecule has 5 amide bonds. The number of fused-ring (bicyclic) bond motifs is 1. The van der Waals surface area contributed by atoms with Gasteiger partial charge in [0, 0.05) is 52.5 Å². The molecule has 0 saturated carbocycles. The summed E-state index contributed by atoms with van der Waals surface area (Å²) in [7, 11) is 0. The first-order chi connectivity index (χ1) is 18.9. The lowest BCUT2D eigenvalue weighted by molar-refractivity contribution is -0.119. The molecule has 3 aliphatic rings. The van der Waals surface area contributed by atoms with E-state index in [2.05, 4.69) is 16.0 Å². The van der Waals surface area contributed by atoms with Gasteiger partial charge in [-0.05, 0) is 42.3 Å². The number of nitrogens with zero attached hydrogens (tertiary/aromatic N) is 1. The number of primary amides is 1. The molecule has 2 heterocycles. The highest BCUT2D eigenvalue weighted by molar-refractivity contribution is 6.32. The number of urea groups is 1. The fourth-order valence-electron chi connectivity index (χ4n) is 4.59. The third kappa shape index (κ3) is 6.89. The Morgan fingerprint density at radius 1 is 1.20 bits per heavy atom. The van der Waals surface area contributed by atoms with Gasteiger partial charge >= 0.3 is 6.03 Å². The van der Waals surface area contributed by atoms with E-state index < -0.39 is 71.8 Å². The van der Waals surface area contributed by atoms with E-state index in [4.69, 9.17) is 17.3 Å². The summed E-state index contributed by atoms with van der Waals surface area (Å²) in [5.74, 6) is -4.09. The van der Waals surface area contributed by atoms with Crippen molar-refractivity contribution in [1.29, 1.82) is 0 Å². The molecule has 212 valence electrons. The Bertz CT molecular complexity index is 1380. The first-order valence-electron chi connectivity index (χ1n) is 12.1. The van der Waals surface area contributed by atoms with Gasteiger partial charge in [0.25, 0.3) is 12.3 Å². The smallest absolute Gasteiger partial charge is 0.322 e. The molecular weight excluding hydrogens is 558 g/mol. The third-order valence-corrected chi connectivity index (χ3v) is 6.76. The van der Waals surface area contributed by atoms with Crippen LogP contribution in [0.15, 0.2) is 64.5 Å². The van der Waals surface area contributed by atoms with Crippen molar-refractivity contribution in [3.63, 3.8) is 0 Å². The normalized spacial score (nSPS) is 24.6. The molecule has 1 aromatic rings. The molecular formula is C26H24ClF4N5O4. The molecule has 40 heavy (non-hydrogen) atoms. The van der Waals surface area contributed by atoms with E-state index in [1.54, 1.807) is 0 Å². The maximum absolute atomic E-state index is 14.2. The summed E-state index contributed by atoms with van der Waals surface area (Å²) < 4.78 is 54.7. The van der Waals surface area contributed by atoms with Crippen LogP contribution in [-0.4, -0.2) is 54.0 Å². The van der Waals surface area contributed by atoms with Gasteiger partial charge in [-0.25, -0.2) is 22.4 Å². The van der Waals surface area contributed by atoms with Gasteiger partial charge in [-0.1, -0.05) is 17.7 Å². The first kappa shape index (κ1) is 28.9. The summed E-state index contributed by atoms with van der Waals surface area (Å²) in [4.78, 5) is 51.1. The predicted molar refractivity (Wildman–Crippen MR) is 136 cm³/mol. The van der Waals surface area contributed by atoms with Crippen molar-refractivity contribution in [3.05, 3.63) is 81.4 Å². The number of benzene rings is 1. The van der Waals surface area contributed by atoms with E-state index >= 15 is 0 Å². The molecule has 3 unspecified atom stereocenters. The Balaban J connectivity index is 1.74. The summed E-state index contributed by atoms with van der Waals surface area (Å²) in [5.41, 5.74) is 4.64. The van der Waals surface area contributed by atoms with Crippen LogP contribution >= 0.6 is 11.6 Å². The van der Waals surface area contributed by atoms with Gasteiger partial charge in [0.2, 0.25) is 11.8 Å². The number of carbonyl (C=O) groups excluding carboxylic acids is 4. The van der Waals surface area contributed by atoms with Crippen molar-refractivity contribution >= 4 is 35.4 Å². The summed E-state index contributed by atoms with van der Waals surface area (Å²) in [6, 6.07) is 0.506. The SMILES string of the molecule is NC(=O)CN1CC2C/C(NC(=O)c3cc(F)cc(C(F)F)c3)=C/C(C3=CC(F)CC=C3Cl)NC(=O)C=C2NC1=O. The highest BCUT2D eigenvalue weighted by atomic mass is 35.5. The average Bonchev–Trinajstić information content (AvgIpc) is 2.92. The molecule has 1 aromatic carbocycles. The number of carbonyl (C=O) groups is 4. The van der Waals surface area contributed by atoms with Crippen LogP contribution in [0.5, 0.6) is 0 Å². The van der Waals surface area contributed by atoms with Crippen LogP contribution in [0.25, 0.3) is 0 Å². The van der Waals surface area contributed by atoms with Crippen molar-refractivity contribution in [2.75, 3.05) is 13.1 Å². The van der Waals surface area contributed by atoms with Gasteiger partial charge in [0.1, 0.15) is 18.5 Å². The quantitative estimate of drug-likeness (QED) is 0.384. The van der Waals surface area contributed by atoms with E-state index in [0.717, 1.165) is 23.1 Å². The van der Waals surface area contributed by atoms with Gasteiger partial charge in [0.15, 0.2) is 0 Å². The fourth-order valence-corrected chi connectivity index (χ4v) is 4.86. The number of rotatable bonds is 6. The van der Waals surface area contributed by atoms with E-state index in [1.165, 1.54) is 18.2 Å². The number of amides is 5. The summed E-state index contributed by atoms with van der Waals surface area (Å²) in [6.45, 7) is -0.488. The Morgan fingerprint density at radius 2 is 1.95 bits per heavy atom. The second kappa shape index (κ2) is 11.9. The number of nitrogens with one attached hydrogen (secondary N) is 3. The highest BCUT2D eigenvalue weighted by Gasteiger charge is 2.33. The van der Waals surface area contributed by atoms with Crippen molar-refractivity contribution in [2.45, 2.75) is 31.5 Å². The van der Waals surface area contributed by atoms with E-state index in [-0.39, 0.29) is 41.4 Å². The first-order valence-corrected chi connectivity index (χ1v) is 12.5. The van der Waals surface area contributed by atoms with Crippen LogP contribution < -0.4 is 21.7 Å². The molecule has 9 nitrogen and oxygen atoms in total. The van der Waals surface area contributed by atoms with E-state index in [0.29, 0.717) is 6.07 Å². The molecule has 1 saturated heterocycles. The average molecular weight is 582 g/mol. The number of hydrogen-bond acceptors (Lipinski definition) is 4. The number of halogens is 5. The van der Waals surface area contributed by atoms with Crippen LogP contribution in [0.2, 0.25) is 0 Å². The minimum Gasteiger partial charge on any atom is -0.368 e. The van der Waals surface area contributed by atoms with Gasteiger partial charge in [-0.3, -0.25) is 14.4 Å². The van der Waals surface area contributed by atoms with E-state index in [1.807, 2.05) is 0 Å². The Labute approximate surface area is 230 Å². The van der Waals surface area contributed by atoms with Gasteiger partial charge in [-0.15, -0.1) is 0 Å². The second-order valence-corrected chi connectivity index (χ2v) is 9.82. The lowest BCUT2D eigenvalue weighted by atomic mass is 9.94. The molecule has 3 atom stereocenters. The summed E-state index contributed by atoms with van der Waals surface area (Å²) in [5, 5.41) is 7.91. The fraction of sp³-hybridized carbons (Fsp3) is 0.308. The van der Waals surface area contributed by atoms with Crippen LogP contribution in [0.3, 0.4) is 0 Å². The van der Waals surface area contributed by atoms with Crippen LogP contribution in [0.4, 0.5) is 22.4 Å². The summed E-state index contributed by atoms with van der Waals surface area (Å²) >= 11 is 6.31.